The number of benzene rings is 2. The average molecular weight is 312 g/mol. The number of fused-ring (bicyclic) bond motifs is 1. The monoisotopic (exact) mass is 312 g/mol. The summed E-state index contributed by atoms with van der Waals surface area (Å²) in [5.74, 6) is 0.794. The van der Waals surface area contributed by atoms with Crippen molar-refractivity contribution in [2.45, 2.75) is 0 Å². The van der Waals surface area contributed by atoms with Gasteiger partial charge in [0.05, 0.1) is 22.2 Å². The second-order valence-electron chi connectivity index (χ2n) is 4.57. The molecule has 110 valence electrons. The summed E-state index contributed by atoms with van der Waals surface area (Å²) < 4.78 is 5.98. The minimum absolute atomic E-state index is 0.0828. The summed E-state index contributed by atoms with van der Waals surface area (Å²) in [6.07, 6.45) is 3.83. The van der Waals surface area contributed by atoms with Crippen LogP contribution in [-0.2, 0) is 0 Å². The zero-order valence-corrected chi connectivity index (χ0v) is 12.5. The van der Waals surface area contributed by atoms with Gasteiger partial charge in [-0.3, -0.25) is 10.1 Å². The highest BCUT2D eigenvalue weighted by atomic mass is 32.1. The summed E-state index contributed by atoms with van der Waals surface area (Å²) in [7, 11) is 1.63. The first-order chi connectivity index (χ1) is 10.7. The molecule has 6 heteroatoms. The van der Waals surface area contributed by atoms with Crippen molar-refractivity contribution in [1.82, 2.24) is 4.98 Å². The Labute approximate surface area is 130 Å². The Hall–Kier alpha value is -2.73. The van der Waals surface area contributed by atoms with Crippen LogP contribution in [0.15, 0.2) is 42.5 Å². The minimum atomic E-state index is -0.398. The number of rotatable bonds is 4. The molecule has 0 atom stereocenters. The summed E-state index contributed by atoms with van der Waals surface area (Å²) in [5, 5.41) is 11.6. The van der Waals surface area contributed by atoms with Crippen LogP contribution in [0.3, 0.4) is 0 Å². The molecular weight excluding hydrogens is 300 g/mol. The van der Waals surface area contributed by atoms with Crippen LogP contribution in [0.25, 0.3) is 22.4 Å². The van der Waals surface area contributed by atoms with Gasteiger partial charge in [-0.15, -0.1) is 11.3 Å². The smallest absolute Gasteiger partial charge is 0.270 e. The second kappa shape index (κ2) is 5.95. The highest BCUT2D eigenvalue weighted by Gasteiger charge is 2.09. The highest BCUT2D eigenvalue weighted by molar-refractivity contribution is 7.19. The summed E-state index contributed by atoms with van der Waals surface area (Å²) in [6, 6.07) is 12.4. The first-order valence-corrected chi connectivity index (χ1v) is 7.34. The van der Waals surface area contributed by atoms with Crippen LogP contribution in [-0.4, -0.2) is 17.0 Å². The van der Waals surface area contributed by atoms with Crippen molar-refractivity contribution < 1.29 is 9.66 Å². The molecule has 1 heterocycles. The molecule has 0 unspecified atom stereocenters. The molecule has 0 fully saturated rings. The lowest BCUT2D eigenvalue weighted by molar-refractivity contribution is -0.384. The van der Waals surface area contributed by atoms with Gasteiger partial charge >= 0.3 is 0 Å². The van der Waals surface area contributed by atoms with Crippen LogP contribution < -0.4 is 4.74 Å². The Kier molecular flexibility index (Phi) is 3.84. The van der Waals surface area contributed by atoms with Crippen LogP contribution in [0, 0.1) is 10.1 Å². The summed E-state index contributed by atoms with van der Waals surface area (Å²) >= 11 is 1.42. The standard InChI is InChI=1S/C16H12N2O3S/c1-21-13-4-2-3-11(9-13)5-8-16-17-14-7-6-12(18(19)20)10-15(14)22-16/h2-10H,1H3/b8-5+. The van der Waals surface area contributed by atoms with Crippen molar-refractivity contribution in [3.8, 4) is 5.75 Å². The van der Waals surface area contributed by atoms with Crippen molar-refractivity contribution in [2.75, 3.05) is 7.11 Å². The van der Waals surface area contributed by atoms with Crippen molar-refractivity contribution >= 4 is 39.4 Å². The Morgan fingerprint density at radius 1 is 1.23 bits per heavy atom. The first kappa shape index (κ1) is 14.2. The largest absolute Gasteiger partial charge is 0.497 e. The van der Waals surface area contributed by atoms with Crippen molar-refractivity contribution in [1.29, 1.82) is 0 Å². The number of methoxy groups -OCH3 is 1. The van der Waals surface area contributed by atoms with Crippen LogP contribution in [0.1, 0.15) is 10.6 Å². The Bertz CT molecular complexity index is 871. The topological polar surface area (TPSA) is 65.3 Å². The van der Waals surface area contributed by atoms with Gasteiger partial charge in [0, 0.05) is 12.1 Å². The molecule has 5 nitrogen and oxygen atoms in total. The third kappa shape index (κ3) is 2.96. The average Bonchev–Trinajstić information content (AvgIpc) is 2.95. The molecule has 0 aliphatic carbocycles. The maximum Gasteiger partial charge on any atom is 0.270 e. The molecule has 2 aromatic carbocycles. The van der Waals surface area contributed by atoms with Crippen molar-refractivity contribution in [3.63, 3.8) is 0 Å². The number of nitro benzene ring substituents is 1. The van der Waals surface area contributed by atoms with Gasteiger partial charge in [0.1, 0.15) is 10.8 Å². The van der Waals surface area contributed by atoms with E-state index in [0.717, 1.165) is 26.5 Å². The predicted octanol–water partition coefficient (Wildman–Crippen LogP) is 4.38. The quantitative estimate of drug-likeness (QED) is 0.529. The van der Waals surface area contributed by atoms with Gasteiger partial charge in [-0.1, -0.05) is 18.2 Å². The van der Waals surface area contributed by atoms with Gasteiger partial charge in [0.25, 0.3) is 5.69 Å². The van der Waals surface area contributed by atoms with E-state index in [4.69, 9.17) is 4.74 Å². The zero-order valence-electron chi connectivity index (χ0n) is 11.7. The van der Waals surface area contributed by atoms with Gasteiger partial charge < -0.3 is 4.74 Å². The van der Waals surface area contributed by atoms with Crippen LogP contribution in [0.2, 0.25) is 0 Å². The van der Waals surface area contributed by atoms with Gasteiger partial charge in [0.15, 0.2) is 0 Å². The van der Waals surface area contributed by atoms with Gasteiger partial charge in [-0.05, 0) is 29.8 Å². The fourth-order valence-electron chi connectivity index (χ4n) is 2.03. The Morgan fingerprint density at radius 3 is 2.86 bits per heavy atom. The predicted molar refractivity (Wildman–Crippen MR) is 88.2 cm³/mol. The molecule has 0 bridgehead atoms. The fraction of sp³-hybridized carbons (Fsp3) is 0.0625. The Balaban J connectivity index is 1.90. The maximum atomic E-state index is 10.8. The second-order valence-corrected chi connectivity index (χ2v) is 5.63. The van der Waals surface area contributed by atoms with Crippen molar-refractivity contribution in [3.05, 3.63) is 63.1 Å². The molecule has 0 N–H and O–H groups in total. The lowest BCUT2D eigenvalue weighted by atomic mass is 10.2. The normalized spacial score (nSPS) is 11.1. The summed E-state index contributed by atoms with van der Waals surface area (Å²) in [4.78, 5) is 14.8. The maximum absolute atomic E-state index is 10.8. The molecule has 1 aromatic heterocycles. The number of thiazole rings is 1. The van der Waals surface area contributed by atoms with Gasteiger partial charge in [-0.25, -0.2) is 4.98 Å². The van der Waals surface area contributed by atoms with Crippen LogP contribution in [0.5, 0.6) is 5.75 Å². The van der Waals surface area contributed by atoms with E-state index in [9.17, 15) is 10.1 Å². The molecule has 0 saturated carbocycles. The van der Waals surface area contributed by atoms with E-state index in [-0.39, 0.29) is 5.69 Å². The lowest BCUT2D eigenvalue weighted by Crippen LogP contribution is -1.85. The number of hydrogen-bond donors (Lipinski definition) is 0. The molecule has 0 radical (unpaired) electrons. The van der Waals surface area contributed by atoms with Crippen LogP contribution >= 0.6 is 11.3 Å². The van der Waals surface area contributed by atoms with Crippen molar-refractivity contribution in [2.24, 2.45) is 0 Å². The number of ether oxygens (including phenoxy) is 1. The fourth-order valence-corrected chi connectivity index (χ4v) is 2.93. The van der Waals surface area contributed by atoms with E-state index in [1.54, 1.807) is 19.2 Å². The minimum Gasteiger partial charge on any atom is -0.497 e. The number of hydrogen-bond acceptors (Lipinski definition) is 5. The van der Waals surface area contributed by atoms with E-state index >= 15 is 0 Å². The molecular formula is C16H12N2O3S. The highest BCUT2D eigenvalue weighted by Crippen LogP contribution is 2.27. The van der Waals surface area contributed by atoms with E-state index in [1.807, 2.05) is 36.4 Å². The summed E-state index contributed by atoms with van der Waals surface area (Å²) in [5.41, 5.74) is 1.85. The molecule has 0 spiro atoms. The van der Waals surface area contributed by atoms with E-state index in [2.05, 4.69) is 4.98 Å². The molecule has 0 amide bonds. The van der Waals surface area contributed by atoms with E-state index in [1.165, 1.54) is 17.4 Å². The molecule has 3 aromatic rings. The van der Waals surface area contributed by atoms with E-state index in [0.29, 0.717) is 0 Å². The molecule has 3 rings (SSSR count). The third-order valence-electron chi connectivity index (χ3n) is 3.11. The molecule has 22 heavy (non-hydrogen) atoms. The third-order valence-corrected chi connectivity index (χ3v) is 4.09. The summed E-state index contributed by atoms with van der Waals surface area (Å²) in [6.45, 7) is 0. The van der Waals surface area contributed by atoms with Gasteiger partial charge in [0.2, 0.25) is 0 Å². The number of nitro groups is 1. The molecule has 0 aliphatic rings. The number of aromatic nitrogens is 1. The van der Waals surface area contributed by atoms with Gasteiger partial charge in [-0.2, -0.15) is 0 Å². The molecule has 0 aliphatic heterocycles. The first-order valence-electron chi connectivity index (χ1n) is 6.53. The number of nitrogens with zero attached hydrogens (tertiary/aromatic N) is 2. The Morgan fingerprint density at radius 2 is 2.09 bits per heavy atom. The molecule has 0 saturated heterocycles. The SMILES string of the molecule is COc1cccc(/C=C/c2nc3ccc([N+](=O)[O-])cc3s2)c1. The van der Waals surface area contributed by atoms with Crippen LogP contribution in [0.4, 0.5) is 5.69 Å². The number of non-ortho nitro benzene ring substituents is 1. The van der Waals surface area contributed by atoms with E-state index < -0.39 is 4.92 Å². The zero-order chi connectivity index (χ0) is 15.5. The lowest BCUT2D eigenvalue weighted by Gasteiger charge is -1.99.